The lowest BCUT2D eigenvalue weighted by atomic mass is 9.96. The van der Waals surface area contributed by atoms with Crippen molar-refractivity contribution in [2.75, 3.05) is 7.11 Å². The molecular formula is C29H27Br2N3O5. The fraction of sp³-hybridized carbons (Fsp3) is 0.241. The zero-order valence-corrected chi connectivity index (χ0v) is 25.2. The Kier molecular flexibility index (Phi) is 8.56. The van der Waals surface area contributed by atoms with Crippen molar-refractivity contribution in [2.24, 2.45) is 5.10 Å². The van der Waals surface area contributed by atoms with E-state index in [4.69, 9.17) is 14.5 Å². The normalized spacial score (nSPS) is 12.3. The smallest absolute Gasteiger partial charge is 0.344 e. The summed E-state index contributed by atoms with van der Waals surface area (Å²) in [6, 6.07) is 14.6. The Balaban J connectivity index is 1.88. The van der Waals surface area contributed by atoms with Crippen LogP contribution in [0.25, 0.3) is 22.3 Å². The summed E-state index contributed by atoms with van der Waals surface area (Å²) < 4.78 is 13.5. The summed E-state index contributed by atoms with van der Waals surface area (Å²) in [4.78, 5) is 29.7. The minimum Gasteiger partial charge on any atom is -0.496 e. The highest BCUT2D eigenvalue weighted by molar-refractivity contribution is 9.11. The molecule has 202 valence electrons. The molecule has 0 amide bonds. The number of halogens is 2. The van der Waals surface area contributed by atoms with E-state index < -0.39 is 12.1 Å². The van der Waals surface area contributed by atoms with Gasteiger partial charge in [-0.05, 0) is 105 Å². The number of hydrogen-bond donors (Lipinski definition) is 1. The molecule has 1 heterocycles. The fourth-order valence-electron chi connectivity index (χ4n) is 4.09. The number of hydrogen-bond acceptors (Lipinski definition) is 6. The molecule has 0 aliphatic rings. The van der Waals surface area contributed by atoms with Gasteiger partial charge in [0.1, 0.15) is 11.5 Å². The van der Waals surface area contributed by atoms with E-state index in [1.165, 1.54) is 11.6 Å². The molecule has 0 fully saturated rings. The maximum atomic E-state index is 13.7. The summed E-state index contributed by atoms with van der Waals surface area (Å²) >= 11 is 6.88. The molecule has 0 aliphatic heterocycles. The number of ether oxygens (including phenoxy) is 2. The Morgan fingerprint density at radius 1 is 1.10 bits per heavy atom. The van der Waals surface area contributed by atoms with Crippen LogP contribution in [0.1, 0.15) is 43.4 Å². The number of para-hydroxylation sites is 1. The van der Waals surface area contributed by atoms with Crippen molar-refractivity contribution < 1.29 is 19.4 Å². The highest BCUT2D eigenvalue weighted by Crippen LogP contribution is 2.36. The van der Waals surface area contributed by atoms with Gasteiger partial charge in [0.25, 0.3) is 5.56 Å². The number of carboxylic acids is 1. The van der Waals surface area contributed by atoms with Gasteiger partial charge in [0.2, 0.25) is 0 Å². The van der Waals surface area contributed by atoms with Crippen molar-refractivity contribution in [1.29, 1.82) is 0 Å². The third kappa shape index (κ3) is 5.91. The van der Waals surface area contributed by atoms with Crippen molar-refractivity contribution in [1.82, 2.24) is 9.66 Å². The molecule has 4 rings (SSSR count). The first kappa shape index (κ1) is 28.5. The van der Waals surface area contributed by atoms with E-state index in [-0.39, 0.29) is 11.5 Å². The molecule has 0 saturated carbocycles. The molecule has 0 aliphatic carbocycles. The summed E-state index contributed by atoms with van der Waals surface area (Å²) in [5.41, 5.74) is 3.57. The first-order valence-corrected chi connectivity index (χ1v) is 13.7. The van der Waals surface area contributed by atoms with Crippen LogP contribution < -0.4 is 15.0 Å². The predicted molar refractivity (Wildman–Crippen MR) is 159 cm³/mol. The molecule has 0 spiro atoms. The number of aliphatic carboxylic acids is 1. The summed E-state index contributed by atoms with van der Waals surface area (Å²) in [5, 5.41) is 14.2. The second kappa shape index (κ2) is 11.7. The van der Waals surface area contributed by atoms with Crippen LogP contribution in [-0.4, -0.2) is 40.2 Å². The van der Waals surface area contributed by atoms with Gasteiger partial charge in [0.05, 0.1) is 33.2 Å². The number of rotatable bonds is 8. The summed E-state index contributed by atoms with van der Waals surface area (Å²) in [7, 11) is 1.64. The number of carbonyl (C=O) groups is 1. The predicted octanol–water partition coefficient (Wildman–Crippen LogP) is 6.76. The SMILES string of the molecule is COc1cc(C)c(-c2nc3ccccc3c(=O)n2N=Cc2cc(Br)c(O[C@@H](C)C(=O)O)c(Br)c2)cc1C(C)C. The van der Waals surface area contributed by atoms with Crippen molar-refractivity contribution in [3.05, 3.63) is 84.5 Å². The first-order valence-electron chi connectivity index (χ1n) is 12.1. The Bertz CT molecular complexity index is 1640. The Hall–Kier alpha value is -3.50. The van der Waals surface area contributed by atoms with Gasteiger partial charge in [0, 0.05) is 5.56 Å². The van der Waals surface area contributed by atoms with E-state index in [9.17, 15) is 14.7 Å². The fourth-order valence-corrected chi connectivity index (χ4v) is 5.50. The molecule has 0 unspecified atom stereocenters. The Labute approximate surface area is 242 Å². The maximum Gasteiger partial charge on any atom is 0.344 e. The largest absolute Gasteiger partial charge is 0.496 e. The van der Waals surface area contributed by atoms with Crippen LogP contribution in [0.15, 0.2) is 67.4 Å². The average Bonchev–Trinajstić information content (AvgIpc) is 2.89. The Morgan fingerprint density at radius 3 is 2.38 bits per heavy atom. The van der Waals surface area contributed by atoms with Gasteiger partial charge < -0.3 is 14.6 Å². The van der Waals surface area contributed by atoms with Crippen molar-refractivity contribution >= 4 is 54.9 Å². The lowest BCUT2D eigenvalue weighted by Gasteiger charge is -2.17. The van der Waals surface area contributed by atoms with Crippen molar-refractivity contribution in [2.45, 2.75) is 39.7 Å². The van der Waals surface area contributed by atoms with Gasteiger partial charge in [-0.1, -0.05) is 26.0 Å². The number of aryl methyl sites for hydroxylation is 1. The first-order chi connectivity index (χ1) is 18.5. The van der Waals surface area contributed by atoms with E-state index in [0.29, 0.717) is 37.0 Å². The molecule has 1 aromatic heterocycles. The van der Waals surface area contributed by atoms with Gasteiger partial charge in [-0.25, -0.2) is 9.78 Å². The number of aromatic nitrogens is 2. The lowest BCUT2D eigenvalue weighted by molar-refractivity contribution is -0.144. The number of fused-ring (bicyclic) bond motifs is 1. The topological polar surface area (TPSA) is 103 Å². The summed E-state index contributed by atoms with van der Waals surface area (Å²) in [6.07, 6.45) is 0.508. The molecule has 3 aromatic carbocycles. The zero-order chi connectivity index (χ0) is 28.4. The van der Waals surface area contributed by atoms with Crippen LogP contribution in [0, 0.1) is 6.92 Å². The quantitative estimate of drug-likeness (QED) is 0.210. The van der Waals surface area contributed by atoms with E-state index in [1.54, 1.807) is 37.6 Å². The molecule has 8 nitrogen and oxygen atoms in total. The molecular weight excluding hydrogens is 630 g/mol. The molecule has 0 radical (unpaired) electrons. The molecule has 1 N–H and O–H groups in total. The number of methoxy groups -OCH3 is 1. The van der Waals surface area contributed by atoms with E-state index >= 15 is 0 Å². The zero-order valence-electron chi connectivity index (χ0n) is 22.0. The number of nitrogens with zero attached hydrogens (tertiary/aromatic N) is 3. The highest BCUT2D eigenvalue weighted by atomic mass is 79.9. The van der Waals surface area contributed by atoms with Gasteiger partial charge in [-0.15, -0.1) is 0 Å². The monoisotopic (exact) mass is 655 g/mol. The molecule has 1 atom stereocenters. The van der Waals surface area contributed by atoms with Gasteiger partial charge in [-0.3, -0.25) is 4.79 Å². The van der Waals surface area contributed by atoms with Crippen LogP contribution in [0.5, 0.6) is 11.5 Å². The van der Waals surface area contributed by atoms with Gasteiger partial charge in [0.15, 0.2) is 11.9 Å². The lowest BCUT2D eigenvalue weighted by Crippen LogP contribution is -2.23. The molecule has 0 bridgehead atoms. The van der Waals surface area contributed by atoms with E-state index in [2.05, 4.69) is 50.8 Å². The van der Waals surface area contributed by atoms with Crippen molar-refractivity contribution in [3.63, 3.8) is 0 Å². The minimum atomic E-state index is -1.08. The second-order valence-electron chi connectivity index (χ2n) is 9.29. The second-order valence-corrected chi connectivity index (χ2v) is 11.0. The number of benzene rings is 3. The van der Waals surface area contributed by atoms with Crippen LogP contribution in [-0.2, 0) is 4.79 Å². The molecule has 0 saturated heterocycles. The molecule has 39 heavy (non-hydrogen) atoms. The highest BCUT2D eigenvalue weighted by Gasteiger charge is 2.19. The van der Waals surface area contributed by atoms with E-state index in [1.807, 2.05) is 31.2 Å². The van der Waals surface area contributed by atoms with Crippen LogP contribution in [0.4, 0.5) is 0 Å². The van der Waals surface area contributed by atoms with E-state index in [0.717, 1.165) is 22.4 Å². The minimum absolute atomic E-state index is 0.183. The molecule has 4 aromatic rings. The van der Waals surface area contributed by atoms with Crippen LogP contribution in [0.3, 0.4) is 0 Å². The molecule has 10 heteroatoms. The maximum absolute atomic E-state index is 13.7. The third-order valence-corrected chi connectivity index (χ3v) is 7.36. The summed E-state index contributed by atoms with van der Waals surface area (Å²) in [6.45, 7) is 7.55. The average molecular weight is 657 g/mol. The van der Waals surface area contributed by atoms with Crippen LogP contribution in [0.2, 0.25) is 0 Å². The standard InChI is InChI=1S/C29H27Br2N3O5/c1-15(2)20-13-21(16(3)10-25(20)38-5)27-33-24-9-7-6-8-19(24)28(35)34(27)32-14-18-11-22(30)26(23(31)12-18)39-17(4)29(36)37/h6-15,17H,1-5H3,(H,36,37)/t17-/m0/s1. The van der Waals surface area contributed by atoms with Crippen molar-refractivity contribution in [3.8, 4) is 22.9 Å². The summed E-state index contributed by atoms with van der Waals surface area (Å²) in [5.74, 6) is 0.638. The third-order valence-electron chi connectivity index (χ3n) is 6.18. The van der Waals surface area contributed by atoms with Crippen LogP contribution >= 0.6 is 31.9 Å². The number of carboxylic acid groups (broad SMARTS) is 1. The Morgan fingerprint density at radius 2 is 1.77 bits per heavy atom. The van der Waals surface area contributed by atoms with Gasteiger partial charge in [-0.2, -0.15) is 9.78 Å². The van der Waals surface area contributed by atoms with Gasteiger partial charge >= 0.3 is 5.97 Å².